The van der Waals surface area contributed by atoms with Crippen LogP contribution >= 0.6 is 12.2 Å². The van der Waals surface area contributed by atoms with Gasteiger partial charge in [0.15, 0.2) is 0 Å². The Bertz CT molecular complexity index is 540. The average Bonchev–Trinajstić information content (AvgIpc) is 2.40. The Morgan fingerprint density at radius 3 is 2.67 bits per heavy atom. The fourth-order valence-corrected chi connectivity index (χ4v) is 1.85. The summed E-state index contributed by atoms with van der Waals surface area (Å²) in [4.78, 5) is 6.79. The Morgan fingerprint density at radius 1 is 1.28 bits per heavy atom. The first-order valence-corrected chi connectivity index (χ1v) is 6.08. The van der Waals surface area contributed by atoms with E-state index in [1.165, 1.54) is 5.56 Å². The van der Waals surface area contributed by atoms with Crippen LogP contribution in [-0.2, 0) is 6.54 Å². The largest absolute Gasteiger partial charge is 0.389 e. The summed E-state index contributed by atoms with van der Waals surface area (Å²) in [6.07, 6.45) is 1.73. The summed E-state index contributed by atoms with van der Waals surface area (Å²) in [7, 11) is 2.00. The fourth-order valence-electron chi connectivity index (χ4n) is 1.72. The van der Waals surface area contributed by atoms with E-state index < -0.39 is 0 Å². The maximum atomic E-state index is 5.62. The van der Waals surface area contributed by atoms with E-state index in [0.29, 0.717) is 4.99 Å². The van der Waals surface area contributed by atoms with E-state index in [2.05, 4.69) is 22.0 Å². The Morgan fingerprint density at radius 2 is 2.00 bits per heavy atom. The second kappa shape index (κ2) is 5.60. The zero-order chi connectivity index (χ0) is 13.0. The lowest BCUT2D eigenvalue weighted by molar-refractivity contribution is 0.898. The number of rotatable bonds is 4. The lowest BCUT2D eigenvalue weighted by Crippen LogP contribution is -2.19. The van der Waals surface area contributed by atoms with Gasteiger partial charge >= 0.3 is 0 Å². The zero-order valence-corrected chi connectivity index (χ0v) is 11.0. The van der Waals surface area contributed by atoms with Gasteiger partial charge in [0.05, 0.1) is 0 Å². The molecule has 0 aliphatic heterocycles. The summed E-state index contributed by atoms with van der Waals surface area (Å²) in [5.74, 6) is 0.865. The number of hydrogen-bond acceptors (Lipinski definition) is 3. The van der Waals surface area contributed by atoms with Crippen LogP contribution in [-0.4, -0.2) is 17.0 Å². The molecule has 18 heavy (non-hydrogen) atoms. The summed E-state index contributed by atoms with van der Waals surface area (Å²) in [5.41, 5.74) is 7.70. The van der Waals surface area contributed by atoms with E-state index in [1.807, 2.05) is 37.4 Å². The van der Waals surface area contributed by atoms with E-state index in [4.69, 9.17) is 18.0 Å². The topological polar surface area (TPSA) is 42.1 Å². The number of nitrogens with zero attached hydrogens (tertiary/aromatic N) is 2. The van der Waals surface area contributed by atoms with Crippen molar-refractivity contribution in [3.05, 3.63) is 59.8 Å². The minimum Gasteiger partial charge on any atom is -0.389 e. The molecule has 0 amide bonds. The van der Waals surface area contributed by atoms with Gasteiger partial charge in [0.2, 0.25) is 0 Å². The van der Waals surface area contributed by atoms with Crippen molar-refractivity contribution in [1.29, 1.82) is 0 Å². The van der Waals surface area contributed by atoms with Gasteiger partial charge in [0.1, 0.15) is 10.8 Å². The molecule has 0 saturated carbocycles. The third-order valence-electron chi connectivity index (χ3n) is 2.68. The molecular weight excluding hydrogens is 242 g/mol. The van der Waals surface area contributed by atoms with E-state index >= 15 is 0 Å². The van der Waals surface area contributed by atoms with Crippen LogP contribution in [0.3, 0.4) is 0 Å². The van der Waals surface area contributed by atoms with Crippen molar-refractivity contribution in [1.82, 2.24) is 4.98 Å². The van der Waals surface area contributed by atoms with E-state index in [-0.39, 0.29) is 0 Å². The highest BCUT2D eigenvalue weighted by molar-refractivity contribution is 7.80. The molecular formula is C14H15N3S. The molecule has 2 aromatic rings. The molecule has 1 aromatic carbocycles. The summed E-state index contributed by atoms with van der Waals surface area (Å²) < 4.78 is 0. The number of pyridine rings is 1. The maximum absolute atomic E-state index is 5.62. The van der Waals surface area contributed by atoms with Crippen LogP contribution in [0.4, 0.5) is 5.82 Å². The normalized spacial score (nSPS) is 10.1. The maximum Gasteiger partial charge on any atom is 0.129 e. The highest BCUT2D eigenvalue weighted by Gasteiger charge is 2.05. The quantitative estimate of drug-likeness (QED) is 0.854. The number of thiocarbonyl (C=S) groups is 1. The highest BCUT2D eigenvalue weighted by Crippen LogP contribution is 2.14. The van der Waals surface area contributed by atoms with Crippen LogP contribution < -0.4 is 10.6 Å². The number of aromatic nitrogens is 1. The first-order valence-electron chi connectivity index (χ1n) is 5.68. The van der Waals surface area contributed by atoms with Crippen molar-refractivity contribution in [2.75, 3.05) is 11.9 Å². The molecule has 0 atom stereocenters. The van der Waals surface area contributed by atoms with Gasteiger partial charge in [-0.3, -0.25) is 0 Å². The smallest absolute Gasteiger partial charge is 0.129 e. The summed E-state index contributed by atoms with van der Waals surface area (Å²) in [6, 6.07) is 14.0. The van der Waals surface area contributed by atoms with Gasteiger partial charge in [-0.2, -0.15) is 0 Å². The van der Waals surface area contributed by atoms with Crippen LogP contribution in [0.15, 0.2) is 48.7 Å². The Hall–Kier alpha value is -1.94. The molecule has 0 fully saturated rings. The molecule has 0 radical (unpaired) electrons. The highest BCUT2D eigenvalue weighted by atomic mass is 32.1. The minimum atomic E-state index is 0.395. The van der Waals surface area contributed by atoms with Crippen LogP contribution in [0.1, 0.15) is 11.1 Å². The summed E-state index contributed by atoms with van der Waals surface area (Å²) >= 11 is 4.97. The number of benzene rings is 1. The standard InChI is InChI=1S/C14H15N3S/c1-17(10-11-5-3-2-4-6-11)13-9-12(14(15)18)7-8-16-13/h2-9H,10H2,1H3,(H2,15,18). The molecule has 3 nitrogen and oxygen atoms in total. The molecule has 4 heteroatoms. The van der Waals surface area contributed by atoms with Crippen LogP contribution in [0.5, 0.6) is 0 Å². The molecule has 0 spiro atoms. The first kappa shape index (κ1) is 12.5. The monoisotopic (exact) mass is 257 g/mol. The second-order valence-corrected chi connectivity index (χ2v) is 4.55. The molecule has 0 aliphatic rings. The van der Waals surface area contributed by atoms with Crippen LogP contribution in [0.25, 0.3) is 0 Å². The fraction of sp³-hybridized carbons (Fsp3) is 0.143. The lowest BCUT2D eigenvalue weighted by Gasteiger charge is -2.18. The van der Waals surface area contributed by atoms with E-state index in [1.54, 1.807) is 6.20 Å². The van der Waals surface area contributed by atoms with Gasteiger partial charge in [-0.25, -0.2) is 4.98 Å². The SMILES string of the molecule is CN(Cc1ccccc1)c1cc(C(N)=S)ccn1. The van der Waals surface area contributed by atoms with E-state index in [0.717, 1.165) is 17.9 Å². The molecule has 1 heterocycles. The van der Waals surface area contributed by atoms with Crippen molar-refractivity contribution in [2.24, 2.45) is 5.73 Å². The molecule has 0 saturated heterocycles. The molecule has 2 rings (SSSR count). The van der Waals surface area contributed by atoms with Gasteiger partial charge in [-0.1, -0.05) is 42.5 Å². The van der Waals surface area contributed by atoms with Crippen molar-refractivity contribution in [3.8, 4) is 0 Å². The van der Waals surface area contributed by atoms with Crippen LogP contribution in [0.2, 0.25) is 0 Å². The van der Waals surface area contributed by atoms with Crippen molar-refractivity contribution in [2.45, 2.75) is 6.54 Å². The second-order valence-electron chi connectivity index (χ2n) is 4.11. The van der Waals surface area contributed by atoms with Gasteiger partial charge in [0.25, 0.3) is 0 Å². The predicted molar refractivity (Wildman–Crippen MR) is 78.7 cm³/mol. The lowest BCUT2D eigenvalue weighted by atomic mass is 10.2. The molecule has 92 valence electrons. The molecule has 0 bridgehead atoms. The third-order valence-corrected chi connectivity index (χ3v) is 2.92. The average molecular weight is 257 g/mol. The van der Waals surface area contributed by atoms with Crippen LogP contribution in [0, 0.1) is 0 Å². The van der Waals surface area contributed by atoms with E-state index in [9.17, 15) is 0 Å². The molecule has 1 aromatic heterocycles. The molecule has 0 aliphatic carbocycles. The minimum absolute atomic E-state index is 0.395. The Labute approximate surface area is 112 Å². The predicted octanol–water partition coefficient (Wildman–Crippen LogP) is 2.35. The van der Waals surface area contributed by atoms with Crippen molar-refractivity contribution >= 4 is 23.0 Å². The number of anilines is 1. The summed E-state index contributed by atoms with van der Waals surface area (Å²) in [6.45, 7) is 0.800. The third kappa shape index (κ3) is 3.05. The van der Waals surface area contributed by atoms with Crippen molar-refractivity contribution in [3.63, 3.8) is 0 Å². The number of nitrogens with two attached hydrogens (primary N) is 1. The first-order chi connectivity index (χ1) is 8.66. The molecule has 2 N–H and O–H groups in total. The van der Waals surface area contributed by atoms with Gasteiger partial charge < -0.3 is 10.6 Å². The Balaban J connectivity index is 2.16. The summed E-state index contributed by atoms with van der Waals surface area (Å²) in [5, 5.41) is 0. The van der Waals surface area contributed by atoms with Crippen molar-refractivity contribution < 1.29 is 0 Å². The van der Waals surface area contributed by atoms with Gasteiger partial charge in [0, 0.05) is 25.4 Å². The van der Waals surface area contributed by atoms with Gasteiger partial charge in [-0.15, -0.1) is 0 Å². The molecule has 0 unspecified atom stereocenters. The zero-order valence-electron chi connectivity index (χ0n) is 10.2. The number of hydrogen-bond donors (Lipinski definition) is 1. The Kier molecular flexibility index (Phi) is 3.89. The van der Waals surface area contributed by atoms with Gasteiger partial charge in [-0.05, 0) is 17.7 Å².